The van der Waals surface area contributed by atoms with Crippen LogP contribution in [-0.2, 0) is 4.74 Å². The smallest absolute Gasteiger partial charge is 0.338 e. The summed E-state index contributed by atoms with van der Waals surface area (Å²) in [6.45, 7) is 2.95. The number of carbonyl (C=O) groups is 1. The second-order valence-electron chi connectivity index (χ2n) is 5.65. The standard InChI is InChI=1S/C17H20N4O3/c1-3-8-21-15-9-11(24-2)4-5-13(15)16(20-21)19-14-10-18-7-6-12(14)17(22)23/h4-7,9-10,13,15H,3,8H2,1-2H3,(H,19,20)(H,22,23). The van der Waals surface area contributed by atoms with Gasteiger partial charge in [-0.15, -0.1) is 0 Å². The predicted octanol–water partition coefficient (Wildman–Crippen LogP) is 2.12. The van der Waals surface area contributed by atoms with Crippen molar-refractivity contribution in [1.82, 2.24) is 15.4 Å². The number of nitrogens with zero attached hydrogens (tertiary/aromatic N) is 3. The van der Waals surface area contributed by atoms with Crippen molar-refractivity contribution in [3.63, 3.8) is 0 Å². The lowest BCUT2D eigenvalue weighted by Crippen LogP contribution is -2.38. The highest BCUT2D eigenvalue weighted by atomic mass is 16.5. The number of allylic oxidation sites excluding steroid dienone is 1. The Labute approximate surface area is 140 Å². The molecule has 3 rings (SSSR count). The van der Waals surface area contributed by atoms with Crippen molar-refractivity contribution in [1.29, 1.82) is 0 Å². The Morgan fingerprint density at radius 1 is 1.54 bits per heavy atom. The molecule has 1 aliphatic heterocycles. The molecule has 1 fully saturated rings. The van der Waals surface area contributed by atoms with Crippen LogP contribution in [-0.4, -0.2) is 46.6 Å². The van der Waals surface area contributed by atoms with Crippen molar-refractivity contribution in [3.8, 4) is 0 Å². The van der Waals surface area contributed by atoms with Crippen LogP contribution in [0.5, 0.6) is 0 Å². The summed E-state index contributed by atoms with van der Waals surface area (Å²) < 4.78 is 5.32. The Kier molecular flexibility index (Phi) is 4.61. The van der Waals surface area contributed by atoms with Crippen LogP contribution in [0.15, 0.2) is 47.4 Å². The summed E-state index contributed by atoms with van der Waals surface area (Å²) in [5, 5.41) is 11.4. The minimum absolute atomic E-state index is 0.0253. The highest BCUT2D eigenvalue weighted by Crippen LogP contribution is 2.29. The summed E-state index contributed by atoms with van der Waals surface area (Å²) in [6.07, 6.45) is 9.90. The number of hydrazine groups is 1. The molecule has 0 saturated carbocycles. The number of nitrogens with one attached hydrogen (secondary N) is 1. The first-order valence-corrected chi connectivity index (χ1v) is 7.87. The minimum atomic E-state index is -1.02. The molecule has 2 aliphatic rings. The molecule has 7 nitrogen and oxygen atoms in total. The average Bonchev–Trinajstić information content (AvgIpc) is 2.92. The lowest BCUT2D eigenvalue weighted by molar-refractivity contribution is 0.0697. The molecule has 7 heteroatoms. The van der Waals surface area contributed by atoms with Crippen molar-refractivity contribution in [2.45, 2.75) is 19.4 Å². The number of methoxy groups -OCH3 is 1. The zero-order chi connectivity index (χ0) is 17.1. The van der Waals surface area contributed by atoms with Crippen molar-refractivity contribution >= 4 is 17.5 Å². The molecule has 0 spiro atoms. The second kappa shape index (κ2) is 6.84. The summed E-state index contributed by atoms with van der Waals surface area (Å²) in [7, 11) is 1.65. The maximum atomic E-state index is 11.4. The Bertz CT molecular complexity index is 726. The summed E-state index contributed by atoms with van der Waals surface area (Å²) in [5.74, 6) is 0.536. The van der Waals surface area contributed by atoms with E-state index in [1.165, 1.54) is 18.5 Å². The number of hydrogen-bond acceptors (Lipinski definition) is 5. The van der Waals surface area contributed by atoms with E-state index < -0.39 is 5.97 Å². The first kappa shape index (κ1) is 16.2. The highest BCUT2D eigenvalue weighted by Gasteiger charge is 2.38. The maximum absolute atomic E-state index is 11.4. The number of fused-ring (bicyclic) bond motifs is 1. The number of amidine groups is 1. The summed E-state index contributed by atoms with van der Waals surface area (Å²) in [4.78, 5) is 19.9. The van der Waals surface area contributed by atoms with E-state index in [0.29, 0.717) is 11.5 Å². The molecule has 2 N–H and O–H groups in total. The maximum Gasteiger partial charge on any atom is 0.338 e. The first-order valence-electron chi connectivity index (χ1n) is 7.87. The third-order valence-electron chi connectivity index (χ3n) is 4.08. The van der Waals surface area contributed by atoms with Crippen LogP contribution < -0.4 is 5.43 Å². The van der Waals surface area contributed by atoms with Gasteiger partial charge in [0, 0.05) is 12.7 Å². The number of pyridine rings is 1. The zero-order valence-electron chi connectivity index (χ0n) is 13.6. The van der Waals surface area contributed by atoms with Gasteiger partial charge in [0.2, 0.25) is 0 Å². The van der Waals surface area contributed by atoms with Crippen molar-refractivity contribution in [3.05, 3.63) is 48.0 Å². The van der Waals surface area contributed by atoms with Gasteiger partial charge in [-0.25, -0.2) is 14.8 Å². The number of rotatable bonds is 5. The number of aliphatic imine (C=N–C) groups is 1. The third-order valence-corrected chi connectivity index (χ3v) is 4.08. The predicted molar refractivity (Wildman–Crippen MR) is 89.9 cm³/mol. The fraction of sp³-hybridized carbons (Fsp3) is 0.353. The van der Waals surface area contributed by atoms with E-state index in [4.69, 9.17) is 4.74 Å². The minimum Gasteiger partial charge on any atom is -0.497 e. The van der Waals surface area contributed by atoms with Gasteiger partial charge in [-0.05, 0) is 24.6 Å². The van der Waals surface area contributed by atoms with Crippen LogP contribution in [0.1, 0.15) is 23.7 Å². The number of carboxylic acid groups (broad SMARTS) is 1. The molecular weight excluding hydrogens is 308 g/mol. The molecular formula is C17H20N4O3. The molecule has 1 saturated heterocycles. The van der Waals surface area contributed by atoms with Gasteiger partial charge >= 0.3 is 5.97 Å². The number of carboxylic acids is 1. The molecule has 1 aromatic heterocycles. The van der Waals surface area contributed by atoms with Gasteiger partial charge < -0.3 is 15.3 Å². The number of aromatic carboxylic acids is 1. The van der Waals surface area contributed by atoms with Crippen LogP contribution in [0.3, 0.4) is 0 Å². The Balaban J connectivity index is 1.96. The van der Waals surface area contributed by atoms with E-state index in [2.05, 4.69) is 33.4 Å². The number of aromatic nitrogens is 1. The quantitative estimate of drug-likeness (QED) is 0.861. The van der Waals surface area contributed by atoms with Gasteiger partial charge in [-0.2, -0.15) is 0 Å². The molecule has 1 aliphatic carbocycles. The molecule has 2 heterocycles. The summed E-state index contributed by atoms with van der Waals surface area (Å²) >= 11 is 0. The number of hydrogen-bond donors (Lipinski definition) is 2. The van der Waals surface area contributed by atoms with E-state index >= 15 is 0 Å². The molecule has 24 heavy (non-hydrogen) atoms. The molecule has 2 atom stereocenters. The van der Waals surface area contributed by atoms with E-state index in [1.54, 1.807) is 7.11 Å². The third kappa shape index (κ3) is 3.03. The summed E-state index contributed by atoms with van der Waals surface area (Å²) in [5.41, 5.74) is 3.79. The van der Waals surface area contributed by atoms with Crippen LogP contribution in [0.2, 0.25) is 0 Å². The van der Waals surface area contributed by atoms with Crippen molar-refractivity contribution < 1.29 is 14.6 Å². The van der Waals surface area contributed by atoms with Gasteiger partial charge in [-0.3, -0.25) is 4.98 Å². The average molecular weight is 328 g/mol. The van der Waals surface area contributed by atoms with E-state index in [-0.39, 0.29) is 17.5 Å². The largest absolute Gasteiger partial charge is 0.497 e. The molecule has 0 amide bonds. The van der Waals surface area contributed by atoms with Gasteiger partial charge in [0.05, 0.1) is 36.5 Å². The van der Waals surface area contributed by atoms with Crippen LogP contribution >= 0.6 is 0 Å². The fourth-order valence-corrected chi connectivity index (χ4v) is 2.94. The molecule has 2 unspecified atom stereocenters. The Hall–Kier alpha value is -2.67. The van der Waals surface area contributed by atoms with Crippen LogP contribution in [0, 0.1) is 5.92 Å². The lowest BCUT2D eigenvalue weighted by atomic mass is 9.94. The van der Waals surface area contributed by atoms with Crippen molar-refractivity contribution in [2.75, 3.05) is 13.7 Å². The van der Waals surface area contributed by atoms with E-state index in [1.807, 2.05) is 12.2 Å². The van der Waals surface area contributed by atoms with Gasteiger partial charge in [0.25, 0.3) is 0 Å². The zero-order valence-corrected chi connectivity index (χ0v) is 13.6. The molecule has 1 aromatic rings. The molecule has 0 bridgehead atoms. The normalized spacial score (nSPS) is 24.4. The van der Waals surface area contributed by atoms with E-state index in [9.17, 15) is 9.90 Å². The molecule has 126 valence electrons. The Morgan fingerprint density at radius 2 is 2.38 bits per heavy atom. The van der Waals surface area contributed by atoms with Gasteiger partial charge in [0.1, 0.15) is 11.6 Å². The van der Waals surface area contributed by atoms with Gasteiger partial charge in [0.15, 0.2) is 0 Å². The highest BCUT2D eigenvalue weighted by molar-refractivity contribution is 5.97. The molecule has 0 radical (unpaired) electrons. The van der Waals surface area contributed by atoms with Crippen molar-refractivity contribution in [2.24, 2.45) is 10.9 Å². The second-order valence-corrected chi connectivity index (χ2v) is 5.65. The molecule has 0 aromatic carbocycles. The lowest BCUT2D eigenvalue weighted by Gasteiger charge is -2.24. The SMILES string of the molecule is CCCN1NC(=Nc2cnccc2C(=O)O)C2C=CC(OC)=CC21. The van der Waals surface area contributed by atoms with Gasteiger partial charge in [-0.1, -0.05) is 13.0 Å². The van der Waals surface area contributed by atoms with Crippen LogP contribution in [0.25, 0.3) is 0 Å². The first-order chi connectivity index (χ1) is 11.6. The van der Waals surface area contributed by atoms with Crippen LogP contribution in [0.4, 0.5) is 5.69 Å². The topological polar surface area (TPSA) is 87.0 Å². The Morgan fingerprint density at radius 3 is 3.08 bits per heavy atom. The summed E-state index contributed by atoms with van der Waals surface area (Å²) in [6, 6.07) is 1.55. The van der Waals surface area contributed by atoms with E-state index in [0.717, 1.165) is 18.7 Å². The monoisotopic (exact) mass is 328 g/mol. The fourth-order valence-electron chi connectivity index (χ4n) is 2.94. The number of ether oxygens (including phenoxy) is 1.